The third-order valence-electron chi connectivity index (χ3n) is 8.20. The van der Waals surface area contributed by atoms with Crippen molar-refractivity contribution in [3.8, 4) is 0 Å². The summed E-state index contributed by atoms with van der Waals surface area (Å²) in [4.78, 5) is 13.6. The fourth-order valence-corrected chi connectivity index (χ4v) is 7.60. The van der Waals surface area contributed by atoms with Gasteiger partial charge in [0.05, 0.1) is 4.90 Å². The molecule has 2 N–H and O–H groups in total. The van der Waals surface area contributed by atoms with Crippen molar-refractivity contribution in [3.05, 3.63) is 131 Å². The molecule has 0 saturated carbocycles. The molecule has 6 nitrogen and oxygen atoms in total. The Bertz CT molecular complexity index is 1660. The third kappa shape index (κ3) is 8.00. The van der Waals surface area contributed by atoms with Crippen LogP contribution in [0.4, 0.5) is 18.9 Å². The Labute approximate surface area is 262 Å². The normalized spacial score (nSPS) is 17.4. The molecule has 236 valence electrons. The van der Waals surface area contributed by atoms with E-state index in [-0.39, 0.29) is 35.7 Å². The van der Waals surface area contributed by atoms with Crippen LogP contribution in [0.2, 0.25) is 0 Å². The van der Waals surface area contributed by atoms with Crippen LogP contribution in [-0.4, -0.2) is 43.8 Å². The number of sulfonamides is 1. The number of piperazine rings is 1. The van der Waals surface area contributed by atoms with Crippen molar-refractivity contribution >= 4 is 21.6 Å². The highest BCUT2D eigenvalue weighted by atomic mass is 32.2. The largest absolute Gasteiger partial charge is 0.326 e. The second kappa shape index (κ2) is 14.4. The fraction of sp³-hybridized carbons (Fsp3) is 0.286. The minimum Gasteiger partial charge on any atom is -0.326 e. The van der Waals surface area contributed by atoms with E-state index in [1.54, 1.807) is 65.0 Å². The average molecular weight is 636 g/mol. The third-order valence-corrected chi connectivity index (χ3v) is 10.1. The van der Waals surface area contributed by atoms with Crippen molar-refractivity contribution in [1.29, 1.82) is 0 Å². The standard InChI is InChI=1S/C35H36F3N3O3S/c1-24-23-41(45(43,44)30-8-3-2-4-9-30)29(22-39-24)7-5-10-31-33(38)11-6-12-34(31)40-35(42)21-32(25-13-17-27(36)18-14-25)26-15-19-28(37)20-16-26/h2-4,6,8-9,11-20,24,29,32,39H,5,7,10,21-23H2,1H3,(H,40,42)/t24-,29-/m0/s1. The second-order valence-electron chi connectivity index (χ2n) is 11.4. The van der Waals surface area contributed by atoms with Crippen molar-refractivity contribution in [2.24, 2.45) is 0 Å². The number of rotatable bonds is 11. The number of hydrogen-bond donors (Lipinski definition) is 2. The summed E-state index contributed by atoms with van der Waals surface area (Å²) in [6.07, 6.45) is 1.22. The van der Waals surface area contributed by atoms with Gasteiger partial charge >= 0.3 is 0 Å². The Hall–Kier alpha value is -3.99. The zero-order valence-corrected chi connectivity index (χ0v) is 25.7. The molecule has 1 aliphatic heterocycles. The number of halogens is 3. The molecular formula is C35H36F3N3O3S. The zero-order valence-electron chi connectivity index (χ0n) is 24.9. The van der Waals surface area contributed by atoms with E-state index in [9.17, 15) is 22.0 Å². The summed E-state index contributed by atoms with van der Waals surface area (Å²) in [5.41, 5.74) is 2.03. The molecule has 4 aromatic carbocycles. The van der Waals surface area contributed by atoms with Crippen LogP contribution in [-0.2, 0) is 21.2 Å². The Balaban J connectivity index is 1.29. The van der Waals surface area contributed by atoms with Gasteiger partial charge in [-0.1, -0.05) is 48.5 Å². The Kier molecular flexibility index (Phi) is 10.4. The average Bonchev–Trinajstić information content (AvgIpc) is 3.03. The van der Waals surface area contributed by atoms with E-state index in [2.05, 4.69) is 10.6 Å². The van der Waals surface area contributed by atoms with Gasteiger partial charge in [-0.15, -0.1) is 0 Å². The smallest absolute Gasteiger partial charge is 0.243 e. The van der Waals surface area contributed by atoms with Crippen LogP contribution >= 0.6 is 0 Å². The van der Waals surface area contributed by atoms with E-state index in [0.29, 0.717) is 48.3 Å². The minimum absolute atomic E-state index is 0.0123. The molecule has 0 bridgehead atoms. The summed E-state index contributed by atoms with van der Waals surface area (Å²) in [7, 11) is -3.71. The fourth-order valence-electron chi connectivity index (χ4n) is 5.84. The molecule has 4 aromatic rings. The number of carbonyl (C=O) groups is 1. The number of nitrogens with zero attached hydrogens (tertiary/aromatic N) is 1. The van der Waals surface area contributed by atoms with Gasteiger partial charge in [-0.25, -0.2) is 21.6 Å². The maximum Gasteiger partial charge on any atom is 0.243 e. The predicted octanol–water partition coefficient (Wildman–Crippen LogP) is 6.64. The Morgan fingerprint density at radius 3 is 2.13 bits per heavy atom. The first-order valence-corrected chi connectivity index (χ1v) is 16.4. The molecule has 1 aliphatic rings. The first-order valence-electron chi connectivity index (χ1n) is 15.0. The van der Waals surface area contributed by atoms with Gasteiger partial charge < -0.3 is 10.6 Å². The maximum atomic E-state index is 15.1. The monoisotopic (exact) mass is 635 g/mol. The van der Waals surface area contributed by atoms with Crippen molar-refractivity contribution in [2.45, 2.75) is 55.5 Å². The number of carbonyl (C=O) groups excluding carboxylic acids is 1. The van der Waals surface area contributed by atoms with Crippen LogP contribution in [0.5, 0.6) is 0 Å². The Morgan fingerprint density at radius 2 is 1.51 bits per heavy atom. The van der Waals surface area contributed by atoms with Gasteiger partial charge in [-0.05, 0) is 85.8 Å². The maximum absolute atomic E-state index is 15.1. The molecule has 1 saturated heterocycles. The molecule has 10 heteroatoms. The summed E-state index contributed by atoms with van der Waals surface area (Å²) in [6.45, 7) is 2.74. The van der Waals surface area contributed by atoms with Crippen molar-refractivity contribution in [2.75, 3.05) is 18.4 Å². The first kappa shape index (κ1) is 32.4. The molecule has 0 unspecified atom stereocenters. The lowest BCUT2D eigenvalue weighted by atomic mass is 9.88. The van der Waals surface area contributed by atoms with E-state index >= 15 is 4.39 Å². The number of benzene rings is 4. The quantitative estimate of drug-likeness (QED) is 0.194. The lowest BCUT2D eigenvalue weighted by Gasteiger charge is -2.38. The van der Waals surface area contributed by atoms with Gasteiger partial charge in [0.1, 0.15) is 17.5 Å². The van der Waals surface area contributed by atoms with Crippen LogP contribution in [0.1, 0.15) is 48.8 Å². The van der Waals surface area contributed by atoms with Crippen LogP contribution in [0.15, 0.2) is 102 Å². The van der Waals surface area contributed by atoms with Crippen molar-refractivity contribution < 1.29 is 26.4 Å². The molecule has 1 amide bonds. The summed E-state index contributed by atoms with van der Waals surface area (Å²) < 4.78 is 70.9. The Morgan fingerprint density at radius 1 is 0.889 bits per heavy atom. The van der Waals surface area contributed by atoms with Gasteiger partial charge in [0.25, 0.3) is 0 Å². The molecule has 1 fully saturated rings. The van der Waals surface area contributed by atoms with E-state index < -0.39 is 33.4 Å². The molecular weight excluding hydrogens is 599 g/mol. The van der Waals surface area contributed by atoms with Crippen LogP contribution in [0, 0.1) is 17.5 Å². The second-order valence-corrected chi connectivity index (χ2v) is 13.3. The SMILES string of the molecule is C[C@H]1CN(S(=O)(=O)c2ccccc2)[C@@H](CCCc2c(F)cccc2NC(=O)CC(c2ccc(F)cc2)c2ccc(F)cc2)CN1. The van der Waals surface area contributed by atoms with E-state index in [4.69, 9.17) is 0 Å². The van der Waals surface area contributed by atoms with E-state index in [1.165, 1.54) is 36.4 Å². The van der Waals surface area contributed by atoms with Crippen LogP contribution in [0.25, 0.3) is 0 Å². The number of anilines is 1. The number of hydrogen-bond acceptors (Lipinski definition) is 4. The molecule has 0 spiro atoms. The number of amides is 1. The minimum atomic E-state index is -3.71. The first-order chi connectivity index (χ1) is 21.6. The molecule has 0 radical (unpaired) electrons. The van der Waals surface area contributed by atoms with Crippen molar-refractivity contribution in [1.82, 2.24) is 9.62 Å². The van der Waals surface area contributed by atoms with Gasteiger partial charge in [0, 0.05) is 48.8 Å². The summed E-state index contributed by atoms with van der Waals surface area (Å²) in [5, 5.41) is 6.20. The van der Waals surface area contributed by atoms with Gasteiger partial charge in [0.15, 0.2) is 0 Å². The highest BCUT2D eigenvalue weighted by Crippen LogP contribution is 2.30. The van der Waals surface area contributed by atoms with Crippen LogP contribution in [0.3, 0.4) is 0 Å². The lowest BCUT2D eigenvalue weighted by Crippen LogP contribution is -2.57. The molecule has 0 aromatic heterocycles. The van der Waals surface area contributed by atoms with Crippen LogP contribution < -0.4 is 10.6 Å². The van der Waals surface area contributed by atoms with E-state index in [0.717, 1.165) is 0 Å². The summed E-state index contributed by atoms with van der Waals surface area (Å²) in [6, 6.07) is 24.1. The molecule has 1 heterocycles. The highest BCUT2D eigenvalue weighted by molar-refractivity contribution is 7.89. The van der Waals surface area contributed by atoms with Gasteiger partial charge in [-0.3, -0.25) is 4.79 Å². The lowest BCUT2D eigenvalue weighted by molar-refractivity contribution is -0.116. The highest BCUT2D eigenvalue weighted by Gasteiger charge is 2.35. The van der Waals surface area contributed by atoms with Crippen molar-refractivity contribution in [3.63, 3.8) is 0 Å². The molecule has 5 rings (SSSR count). The summed E-state index contributed by atoms with van der Waals surface area (Å²) >= 11 is 0. The topological polar surface area (TPSA) is 78.5 Å². The van der Waals surface area contributed by atoms with Gasteiger partial charge in [-0.2, -0.15) is 4.31 Å². The zero-order chi connectivity index (χ0) is 32.0. The molecule has 2 atom stereocenters. The molecule has 0 aliphatic carbocycles. The predicted molar refractivity (Wildman–Crippen MR) is 169 cm³/mol. The number of nitrogens with one attached hydrogen (secondary N) is 2. The molecule has 45 heavy (non-hydrogen) atoms. The van der Waals surface area contributed by atoms with Gasteiger partial charge in [0.2, 0.25) is 15.9 Å². The summed E-state index contributed by atoms with van der Waals surface area (Å²) in [5.74, 6) is -2.16. The van der Waals surface area contributed by atoms with E-state index in [1.807, 2.05) is 6.92 Å².